The van der Waals surface area contributed by atoms with Crippen molar-refractivity contribution < 1.29 is 19.1 Å². The molecule has 0 saturated carbocycles. The summed E-state index contributed by atoms with van der Waals surface area (Å²) in [6.07, 6.45) is 1.45. The van der Waals surface area contributed by atoms with Crippen molar-refractivity contribution in [2.75, 3.05) is 12.4 Å². The van der Waals surface area contributed by atoms with Crippen LogP contribution in [0, 0.1) is 18.3 Å². The Hall–Kier alpha value is -3.89. The first kappa shape index (κ1) is 20.8. The molecule has 0 aliphatic heterocycles. The second kappa shape index (κ2) is 9.54. The smallest absolute Gasteiger partial charge is 0.353 e. The topological polar surface area (TPSA) is 88.4 Å². The van der Waals surface area contributed by atoms with E-state index in [0.29, 0.717) is 21.9 Å². The van der Waals surface area contributed by atoms with Gasteiger partial charge in [0, 0.05) is 5.69 Å². The van der Waals surface area contributed by atoms with Crippen LogP contribution in [0.5, 0.6) is 11.5 Å². The van der Waals surface area contributed by atoms with Crippen molar-refractivity contribution in [3.8, 4) is 17.6 Å². The third-order valence-corrected chi connectivity index (χ3v) is 5.03. The van der Waals surface area contributed by atoms with E-state index in [1.165, 1.54) is 24.5 Å². The molecule has 0 fully saturated rings. The number of nitriles is 1. The predicted molar refractivity (Wildman–Crippen MR) is 116 cm³/mol. The highest BCUT2D eigenvalue weighted by atomic mass is 32.1. The maximum absolute atomic E-state index is 12.5. The zero-order chi connectivity index (χ0) is 21.5. The van der Waals surface area contributed by atoms with Crippen LogP contribution in [0.3, 0.4) is 0 Å². The van der Waals surface area contributed by atoms with Crippen LogP contribution in [0.15, 0.2) is 65.6 Å². The average molecular weight is 418 g/mol. The van der Waals surface area contributed by atoms with Gasteiger partial charge in [-0.1, -0.05) is 30.3 Å². The van der Waals surface area contributed by atoms with Gasteiger partial charge in [0.1, 0.15) is 16.5 Å². The van der Waals surface area contributed by atoms with Crippen LogP contribution in [0.2, 0.25) is 0 Å². The van der Waals surface area contributed by atoms with Gasteiger partial charge in [-0.05, 0) is 53.8 Å². The van der Waals surface area contributed by atoms with Crippen LogP contribution in [0.1, 0.15) is 20.8 Å². The first-order chi connectivity index (χ1) is 14.5. The maximum atomic E-state index is 12.5. The van der Waals surface area contributed by atoms with Gasteiger partial charge in [-0.3, -0.25) is 4.79 Å². The zero-order valence-electron chi connectivity index (χ0n) is 16.3. The fourth-order valence-electron chi connectivity index (χ4n) is 2.62. The molecule has 0 aliphatic carbocycles. The van der Waals surface area contributed by atoms with Gasteiger partial charge in [-0.15, -0.1) is 11.3 Å². The Morgan fingerprint density at radius 3 is 2.57 bits per heavy atom. The molecule has 0 radical (unpaired) electrons. The lowest BCUT2D eigenvalue weighted by Crippen LogP contribution is -2.14. The van der Waals surface area contributed by atoms with Crippen LogP contribution in [0.25, 0.3) is 6.08 Å². The number of benzene rings is 2. The number of anilines is 1. The summed E-state index contributed by atoms with van der Waals surface area (Å²) in [7, 11) is 1.45. The Kier molecular flexibility index (Phi) is 6.63. The van der Waals surface area contributed by atoms with Crippen molar-refractivity contribution in [1.29, 1.82) is 5.26 Å². The van der Waals surface area contributed by atoms with Crippen molar-refractivity contribution in [2.45, 2.75) is 6.92 Å². The molecule has 6 nitrogen and oxygen atoms in total. The van der Waals surface area contributed by atoms with Crippen LogP contribution in [-0.2, 0) is 4.79 Å². The van der Waals surface area contributed by atoms with E-state index in [1.54, 1.807) is 47.8 Å². The monoisotopic (exact) mass is 418 g/mol. The van der Waals surface area contributed by atoms with E-state index < -0.39 is 11.9 Å². The van der Waals surface area contributed by atoms with Crippen LogP contribution < -0.4 is 14.8 Å². The van der Waals surface area contributed by atoms with E-state index in [4.69, 9.17) is 9.47 Å². The largest absolute Gasteiger partial charge is 0.493 e. The van der Waals surface area contributed by atoms with Crippen molar-refractivity contribution >= 4 is 35.0 Å². The van der Waals surface area contributed by atoms with Crippen LogP contribution in [-0.4, -0.2) is 19.0 Å². The summed E-state index contributed by atoms with van der Waals surface area (Å²) in [6, 6.07) is 17.4. The number of hydrogen-bond donors (Lipinski definition) is 1. The molecular weight excluding hydrogens is 400 g/mol. The molecule has 0 saturated heterocycles. The van der Waals surface area contributed by atoms with Crippen molar-refractivity contribution in [2.24, 2.45) is 0 Å². The molecule has 0 bridgehead atoms. The second-order valence-electron chi connectivity index (χ2n) is 6.22. The van der Waals surface area contributed by atoms with Crippen molar-refractivity contribution in [3.63, 3.8) is 0 Å². The number of nitrogens with one attached hydrogen (secondary N) is 1. The van der Waals surface area contributed by atoms with E-state index in [9.17, 15) is 14.9 Å². The van der Waals surface area contributed by atoms with Crippen molar-refractivity contribution in [3.05, 3.63) is 81.6 Å². The minimum Gasteiger partial charge on any atom is -0.493 e. The van der Waals surface area contributed by atoms with Gasteiger partial charge in [0.25, 0.3) is 5.91 Å². The summed E-state index contributed by atoms with van der Waals surface area (Å²) in [5, 5.41) is 14.0. The number of ether oxygens (including phenoxy) is 2. The predicted octanol–water partition coefficient (Wildman–Crippen LogP) is 4.83. The second-order valence-corrected chi connectivity index (χ2v) is 7.16. The van der Waals surface area contributed by atoms with Gasteiger partial charge in [0.05, 0.1) is 7.11 Å². The Labute approximate surface area is 178 Å². The molecule has 1 amide bonds. The molecular formula is C23H18N2O4S. The van der Waals surface area contributed by atoms with Crippen LogP contribution >= 0.6 is 11.3 Å². The number of esters is 1. The highest BCUT2D eigenvalue weighted by Crippen LogP contribution is 2.30. The van der Waals surface area contributed by atoms with E-state index in [2.05, 4.69) is 5.32 Å². The molecule has 150 valence electrons. The number of aryl methyl sites for hydroxylation is 1. The first-order valence-corrected chi connectivity index (χ1v) is 9.82. The van der Waals surface area contributed by atoms with Gasteiger partial charge in [0.2, 0.25) is 0 Å². The number of amides is 1. The Morgan fingerprint density at radius 2 is 1.90 bits per heavy atom. The third kappa shape index (κ3) is 4.93. The van der Waals surface area contributed by atoms with Gasteiger partial charge < -0.3 is 14.8 Å². The van der Waals surface area contributed by atoms with Gasteiger partial charge in [0.15, 0.2) is 11.5 Å². The number of rotatable bonds is 6. The van der Waals surface area contributed by atoms with Crippen LogP contribution in [0.4, 0.5) is 5.69 Å². The Balaban J connectivity index is 1.81. The average Bonchev–Trinajstić information content (AvgIpc) is 3.29. The minimum atomic E-state index is -0.515. The molecule has 1 heterocycles. The molecule has 2 aromatic carbocycles. The molecule has 7 heteroatoms. The normalized spacial score (nSPS) is 10.8. The number of para-hydroxylation sites is 1. The summed E-state index contributed by atoms with van der Waals surface area (Å²) in [5.41, 5.74) is 2.02. The molecule has 0 aliphatic rings. The van der Waals surface area contributed by atoms with E-state index in [-0.39, 0.29) is 11.3 Å². The Bertz CT molecular complexity index is 1140. The quantitative estimate of drug-likeness (QED) is 0.268. The lowest BCUT2D eigenvalue weighted by atomic mass is 10.1. The fourth-order valence-corrected chi connectivity index (χ4v) is 3.22. The number of carbonyl (C=O) groups is 2. The SMILES string of the molecule is COc1cc(/C=C(/C#N)C(=O)Nc2ccccc2C)ccc1OC(=O)c1cccs1. The third-order valence-electron chi connectivity index (χ3n) is 4.18. The highest BCUT2D eigenvalue weighted by Gasteiger charge is 2.15. The fraction of sp³-hybridized carbons (Fsp3) is 0.0870. The molecule has 1 N–H and O–H groups in total. The van der Waals surface area contributed by atoms with E-state index in [1.807, 2.05) is 25.1 Å². The summed E-state index contributed by atoms with van der Waals surface area (Å²) in [4.78, 5) is 25.1. The number of methoxy groups -OCH3 is 1. The molecule has 0 atom stereocenters. The van der Waals surface area contributed by atoms with Crippen molar-refractivity contribution in [1.82, 2.24) is 0 Å². The summed E-state index contributed by atoms with van der Waals surface area (Å²) in [5.74, 6) is -0.443. The highest BCUT2D eigenvalue weighted by molar-refractivity contribution is 7.12. The number of thiophene rings is 1. The van der Waals surface area contributed by atoms with E-state index in [0.717, 1.165) is 5.56 Å². The number of carbonyl (C=O) groups excluding carboxylic acids is 2. The van der Waals surface area contributed by atoms with Gasteiger partial charge in [-0.25, -0.2) is 4.79 Å². The molecule has 3 rings (SSSR count). The molecule has 3 aromatic rings. The molecule has 1 aromatic heterocycles. The Morgan fingerprint density at radius 1 is 1.10 bits per heavy atom. The standard InChI is InChI=1S/C23H18N2O4S/c1-15-6-3-4-7-18(15)25-22(26)17(14-24)12-16-9-10-19(20(13-16)28-2)29-23(27)21-8-5-11-30-21/h3-13H,1-2H3,(H,25,26)/b17-12-. The lowest BCUT2D eigenvalue weighted by Gasteiger charge is -2.10. The molecule has 0 spiro atoms. The molecule has 0 unspecified atom stereocenters. The summed E-state index contributed by atoms with van der Waals surface area (Å²) < 4.78 is 10.7. The lowest BCUT2D eigenvalue weighted by molar-refractivity contribution is -0.112. The zero-order valence-corrected chi connectivity index (χ0v) is 17.2. The molecule has 30 heavy (non-hydrogen) atoms. The first-order valence-electron chi connectivity index (χ1n) is 8.94. The van der Waals surface area contributed by atoms with Gasteiger partial charge >= 0.3 is 5.97 Å². The summed E-state index contributed by atoms with van der Waals surface area (Å²) >= 11 is 1.28. The van der Waals surface area contributed by atoms with Gasteiger partial charge in [-0.2, -0.15) is 5.26 Å². The maximum Gasteiger partial charge on any atom is 0.353 e. The number of nitrogens with zero attached hydrogens (tertiary/aromatic N) is 1. The number of hydrogen-bond acceptors (Lipinski definition) is 6. The van der Waals surface area contributed by atoms with E-state index >= 15 is 0 Å². The summed E-state index contributed by atoms with van der Waals surface area (Å²) in [6.45, 7) is 1.87. The minimum absolute atomic E-state index is 0.0661.